The van der Waals surface area contributed by atoms with Crippen LogP contribution in [-0.4, -0.2) is 32.1 Å². The van der Waals surface area contributed by atoms with E-state index >= 15 is 0 Å². The molecule has 0 aliphatic heterocycles. The lowest BCUT2D eigenvalue weighted by Crippen LogP contribution is -2.37. The summed E-state index contributed by atoms with van der Waals surface area (Å²) in [6, 6.07) is -0.672. The summed E-state index contributed by atoms with van der Waals surface area (Å²) in [6.45, 7) is 0.977. The van der Waals surface area contributed by atoms with Crippen LogP contribution in [0.1, 0.15) is 6.92 Å². The lowest BCUT2D eigenvalue weighted by atomic mass is 10.3. The molecule has 1 unspecified atom stereocenters. The van der Waals surface area contributed by atoms with Gasteiger partial charge in [0.15, 0.2) is 0 Å². The standard InChI is InChI=1S/C6H11F2NO2.ClH/c1-4(6(10)11-2)9-3-5(7)8;/h4-5,9H,3H2,1-2H3;1H. The van der Waals surface area contributed by atoms with Crippen LogP contribution in [0.4, 0.5) is 8.78 Å². The molecule has 0 rings (SSSR count). The minimum atomic E-state index is -2.44. The number of rotatable bonds is 4. The van der Waals surface area contributed by atoms with Gasteiger partial charge < -0.3 is 4.74 Å². The van der Waals surface area contributed by atoms with E-state index in [1.807, 2.05) is 0 Å². The van der Waals surface area contributed by atoms with Gasteiger partial charge >= 0.3 is 5.97 Å². The van der Waals surface area contributed by atoms with Gasteiger partial charge in [-0.1, -0.05) is 0 Å². The zero-order valence-electron chi connectivity index (χ0n) is 6.84. The van der Waals surface area contributed by atoms with Crippen LogP contribution in [0.3, 0.4) is 0 Å². The van der Waals surface area contributed by atoms with Gasteiger partial charge in [0.2, 0.25) is 0 Å². The maximum atomic E-state index is 11.5. The minimum absolute atomic E-state index is 0. The molecule has 0 aromatic rings. The van der Waals surface area contributed by atoms with Gasteiger partial charge in [0, 0.05) is 0 Å². The Labute approximate surface area is 75.9 Å². The van der Waals surface area contributed by atoms with Crippen LogP contribution in [-0.2, 0) is 9.53 Å². The SMILES string of the molecule is COC(=O)C(C)NCC(F)F.Cl. The van der Waals surface area contributed by atoms with Crippen LogP contribution in [0, 0.1) is 0 Å². The molecule has 74 valence electrons. The second-order valence-corrected chi connectivity index (χ2v) is 2.04. The smallest absolute Gasteiger partial charge is 0.322 e. The van der Waals surface area contributed by atoms with Gasteiger partial charge in [-0.25, -0.2) is 8.78 Å². The van der Waals surface area contributed by atoms with Crippen molar-refractivity contribution in [1.82, 2.24) is 5.32 Å². The van der Waals surface area contributed by atoms with Gasteiger partial charge in [0.1, 0.15) is 6.04 Å². The molecule has 0 bridgehead atoms. The molecule has 0 fully saturated rings. The molecule has 1 N–H and O–H groups in total. The third kappa shape index (κ3) is 6.30. The highest BCUT2D eigenvalue weighted by atomic mass is 35.5. The van der Waals surface area contributed by atoms with Gasteiger partial charge in [0.05, 0.1) is 13.7 Å². The topological polar surface area (TPSA) is 38.3 Å². The first kappa shape index (κ1) is 14.1. The number of nitrogens with one attached hydrogen (secondary N) is 1. The summed E-state index contributed by atoms with van der Waals surface area (Å²) in [5.74, 6) is -0.536. The van der Waals surface area contributed by atoms with Crippen molar-refractivity contribution in [1.29, 1.82) is 0 Å². The highest BCUT2D eigenvalue weighted by molar-refractivity contribution is 5.85. The van der Waals surface area contributed by atoms with Crippen LogP contribution in [0.5, 0.6) is 0 Å². The molecule has 6 heteroatoms. The van der Waals surface area contributed by atoms with Crippen molar-refractivity contribution in [2.75, 3.05) is 13.7 Å². The summed E-state index contributed by atoms with van der Waals surface area (Å²) in [6.07, 6.45) is -2.44. The first-order valence-electron chi connectivity index (χ1n) is 3.17. The fraction of sp³-hybridized carbons (Fsp3) is 0.833. The maximum Gasteiger partial charge on any atom is 0.322 e. The molecule has 1 atom stereocenters. The largest absolute Gasteiger partial charge is 0.468 e. The van der Waals surface area contributed by atoms with E-state index in [-0.39, 0.29) is 12.4 Å². The van der Waals surface area contributed by atoms with E-state index < -0.39 is 25.0 Å². The molecule has 0 heterocycles. The second-order valence-electron chi connectivity index (χ2n) is 2.04. The highest BCUT2D eigenvalue weighted by Crippen LogP contribution is 1.91. The van der Waals surface area contributed by atoms with Crippen LogP contribution in [0.15, 0.2) is 0 Å². The number of hydrogen-bond acceptors (Lipinski definition) is 3. The van der Waals surface area contributed by atoms with Crippen LogP contribution >= 0.6 is 12.4 Å². The van der Waals surface area contributed by atoms with Crippen LogP contribution in [0.25, 0.3) is 0 Å². The van der Waals surface area contributed by atoms with Crippen molar-refractivity contribution >= 4 is 18.4 Å². The Morgan fingerprint density at radius 3 is 2.42 bits per heavy atom. The molecular weight excluding hydrogens is 192 g/mol. The summed E-state index contributed by atoms with van der Waals surface area (Å²) in [5, 5.41) is 2.31. The zero-order valence-corrected chi connectivity index (χ0v) is 7.66. The third-order valence-corrected chi connectivity index (χ3v) is 1.13. The molecule has 0 saturated carbocycles. The number of ether oxygens (including phenoxy) is 1. The summed E-state index contributed by atoms with van der Waals surface area (Å²) in [5.41, 5.74) is 0. The Morgan fingerprint density at radius 1 is 1.58 bits per heavy atom. The fourth-order valence-electron chi connectivity index (χ4n) is 0.526. The number of methoxy groups -OCH3 is 1. The van der Waals surface area contributed by atoms with E-state index in [1.165, 1.54) is 14.0 Å². The van der Waals surface area contributed by atoms with Crippen molar-refractivity contribution in [3.63, 3.8) is 0 Å². The normalized spacial score (nSPS) is 12.1. The second kappa shape index (κ2) is 7.24. The molecule has 0 aromatic heterocycles. The number of carbonyl (C=O) groups is 1. The number of hydrogen-bond donors (Lipinski definition) is 1. The Kier molecular flexibility index (Phi) is 8.52. The van der Waals surface area contributed by atoms with E-state index in [0.717, 1.165) is 0 Å². The molecular formula is C6H12ClF2NO2. The number of esters is 1. The Balaban J connectivity index is 0. The number of alkyl halides is 2. The summed E-state index contributed by atoms with van der Waals surface area (Å²) >= 11 is 0. The van der Waals surface area contributed by atoms with Gasteiger partial charge in [-0.15, -0.1) is 12.4 Å². The molecule has 0 aliphatic carbocycles. The first-order chi connectivity index (χ1) is 5.07. The summed E-state index contributed by atoms with van der Waals surface area (Å²) in [4.78, 5) is 10.6. The van der Waals surface area contributed by atoms with Crippen LogP contribution < -0.4 is 5.32 Å². The summed E-state index contributed by atoms with van der Waals surface area (Å²) < 4.78 is 27.4. The quantitative estimate of drug-likeness (QED) is 0.688. The van der Waals surface area contributed by atoms with E-state index in [9.17, 15) is 13.6 Å². The lowest BCUT2D eigenvalue weighted by molar-refractivity contribution is -0.142. The molecule has 12 heavy (non-hydrogen) atoms. The Hall–Kier alpha value is -0.420. The number of halogens is 3. The average Bonchev–Trinajstić information content (AvgIpc) is 1.98. The molecule has 0 saturated heterocycles. The fourth-order valence-corrected chi connectivity index (χ4v) is 0.526. The molecule has 0 radical (unpaired) electrons. The van der Waals surface area contributed by atoms with Crippen molar-refractivity contribution in [2.45, 2.75) is 19.4 Å². The molecule has 0 aromatic carbocycles. The van der Waals surface area contributed by atoms with E-state index in [2.05, 4.69) is 10.1 Å². The number of carbonyl (C=O) groups excluding carboxylic acids is 1. The lowest BCUT2D eigenvalue weighted by Gasteiger charge is -2.09. The molecule has 0 aliphatic rings. The van der Waals surface area contributed by atoms with Crippen molar-refractivity contribution in [2.24, 2.45) is 0 Å². The van der Waals surface area contributed by atoms with Gasteiger partial charge in [-0.2, -0.15) is 0 Å². The predicted octanol–water partition coefficient (Wildman–Crippen LogP) is 0.824. The van der Waals surface area contributed by atoms with Crippen molar-refractivity contribution in [3.8, 4) is 0 Å². The summed E-state index contributed by atoms with van der Waals surface area (Å²) in [7, 11) is 1.21. The van der Waals surface area contributed by atoms with Crippen molar-refractivity contribution in [3.05, 3.63) is 0 Å². The molecule has 0 amide bonds. The van der Waals surface area contributed by atoms with Gasteiger partial charge in [-0.3, -0.25) is 10.1 Å². The van der Waals surface area contributed by atoms with E-state index in [4.69, 9.17) is 0 Å². The van der Waals surface area contributed by atoms with Gasteiger partial charge in [0.25, 0.3) is 6.43 Å². The third-order valence-electron chi connectivity index (χ3n) is 1.13. The van der Waals surface area contributed by atoms with Crippen molar-refractivity contribution < 1.29 is 18.3 Å². The minimum Gasteiger partial charge on any atom is -0.468 e. The van der Waals surface area contributed by atoms with Crippen LogP contribution in [0.2, 0.25) is 0 Å². The van der Waals surface area contributed by atoms with E-state index in [0.29, 0.717) is 0 Å². The predicted molar refractivity (Wildman–Crippen MR) is 42.7 cm³/mol. The highest BCUT2D eigenvalue weighted by Gasteiger charge is 2.13. The average molecular weight is 204 g/mol. The van der Waals surface area contributed by atoms with E-state index in [1.54, 1.807) is 0 Å². The zero-order chi connectivity index (χ0) is 8.85. The first-order valence-corrected chi connectivity index (χ1v) is 3.17. The van der Waals surface area contributed by atoms with Gasteiger partial charge in [-0.05, 0) is 6.92 Å². The molecule has 0 spiro atoms. The monoisotopic (exact) mass is 203 g/mol. The maximum absolute atomic E-state index is 11.5. The molecule has 3 nitrogen and oxygen atoms in total. The Morgan fingerprint density at radius 2 is 2.08 bits per heavy atom. The Bertz CT molecular complexity index is 135.